The van der Waals surface area contributed by atoms with Gasteiger partial charge >= 0.3 is 0 Å². The summed E-state index contributed by atoms with van der Waals surface area (Å²) in [6.45, 7) is 10.3. The van der Waals surface area contributed by atoms with Crippen molar-refractivity contribution in [3.8, 4) is 0 Å². The summed E-state index contributed by atoms with van der Waals surface area (Å²) < 4.78 is 5.46. The van der Waals surface area contributed by atoms with Gasteiger partial charge in [-0.15, -0.1) is 0 Å². The molecule has 0 aliphatic heterocycles. The van der Waals surface area contributed by atoms with Crippen molar-refractivity contribution in [1.82, 2.24) is 0 Å². The van der Waals surface area contributed by atoms with Crippen LogP contribution in [-0.4, -0.2) is 6.61 Å². The first-order valence-corrected chi connectivity index (χ1v) is 5.13. The molecule has 0 saturated heterocycles. The van der Waals surface area contributed by atoms with Crippen LogP contribution in [0, 0.1) is 0 Å². The lowest BCUT2D eigenvalue weighted by Crippen LogP contribution is -1.94. The highest BCUT2D eigenvalue weighted by molar-refractivity contribution is 5.20. The van der Waals surface area contributed by atoms with Crippen molar-refractivity contribution in [1.29, 1.82) is 0 Å². The molecule has 15 heavy (non-hydrogen) atoms. The third-order valence-electron chi connectivity index (χ3n) is 1.76. The summed E-state index contributed by atoms with van der Waals surface area (Å²) in [5.41, 5.74) is 1.15. The van der Waals surface area contributed by atoms with Crippen LogP contribution in [-0.2, 0) is 4.74 Å². The van der Waals surface area contributed by atoms with E-state index in [2.05, 4.69) is 6.58 Å². The number of allylic oxidation sites excluding steroid dienone is 6. The molecule has 0 N–H and O–H groups in total. The Balaban J connectivity index is 3.99. The van der Waals surface area contributed by atoms with Gasteiger partial charge in [-0.2, -0.15) is 0 Å². The van der Waals surface area contributed by atoms with Crippen molar-refractivity contribution in [3.05, 3.63) is 60.4 Å². The number of hydrogen-bond donors (Lipinski definition) is 0. The zero-order valence-electron chi connectivity index (χ0n) is 9.86. The second kappa shape index (κ2) is 9.07. The number of hydrogen-bond acceptors (Lipinski definition) is 1. The topological polar surface area (TPSA) is 9.23 Å². The van der Waals surface area contributed by atoms with Gasteiger partial charge in [0.2, 0.25) is 0 Å². The predicted octanol–water partition coefficient (Wildman–Crippen LogP) is 4.17. The van der Waals surface area contributed by atoms with Gasteiger partial charge in [0.05, 0.1) is 0 Å². The van der Waals surface area contributed by atoms with Crippen molar-refractivity contribution in [3.63, 3.8) is 0 Å². The second-order valence-corrected chi connectivity index (χ2v) is 3.00. The highest BCUT2D eigenvalue weighted by atomic mass is 16.5. The summed E-state index contributed by atoms with van der Waals surface area (Å²) in [4.78, 5) is 0. The van der Waals surface area contributed by atoms with Crippen LogP contribution in [0.4, 0.5) is 0 Å². The molecule has 0 unspecified atom stereocenters. The average molecular weight is 204 g/mol. The summed E-state index contributed by atoms with van der Waals surface area (Å²) in [6.07, 6.45) is 13.7. The predicted molar refractivity (Wildman–Crippen MR) is 67.6 cm³/mol. The highest BCUT2D eigenvalue weighted by Crippen LogP contribution is 2.03. The second-order valence-electron chi connectivity index (χ2n) is 3.00. The molecule has 0 heterocycles. The van der Waals surface area contributed by atoms with Gasteiger partial charge in [-0.25, -0.2) is 0 Å². The third kappa shape index (κ3) is 7.56. The highest BCUT2D eigenvalue weighted by Gasteiger charge is 1.92. The first kappa shape index (κ1) is 13.5. The molecule has 0 rings (SSSR count). The summed E-state index contributed by atoms with van der Waals surface area (Å²) in [7, 11) is 0. The van der Waals surface area contributed by atoms with Gasteiger partial charge in [0.15, 0.2) is 0 Å². The Morgan fingerprint density at radius 1 is 1.07 bits per heavy atom. The SMILES string of the molecule is C=C(/C=C\C=C/C)OCC(/C=C\C)=C/C. The van der Waals surface area contributed by atoms with Crippen molar-refractivity contribution >= 4 is 0 Å². The Kier molecular flexibility index (Phi) is 8.16. The fourth-order valence-electron chi connectivity index (χ4n) is 0.940. The molecule has 0 aromatic carbocycles. The summed E-state index contributed by atoms with van der Waals surface area (Å²) >= 11 is 0. The lowest BCUT2D eigenvalue weighted by molar-refractivity contribution is 0.257. The molecule has 0 aliphatic rings. The average Bonchev–Trinajstić information content (AvgIpc) is 2.24. The van der Waals surface area contributed by atoms with Gasteiger partial charge in [-0.05, 0) is 32.4 Å². The van der Waals surface area contributed by atoms with Gasteiger partial charge in [-0.3, -0.25) is 0 Å². The molecule has 0 fully saturated rings. The first-order valence-electron chi connectivity index (χ1n) is 5.13. The number of rotatable bonds is 6. The molecule has 1 nitrogen and oxygen atoms in total. The first-order chi connectivity index (χ1) is 7.24. The Morgan fingerprint density at radius 3 is 2.33 bits per heavy atom. The van der Waals surface area contributed by atoms with E-state index in [1.807, 2.05) is 63.3 Å². The molecular formula is C14H20O. The van der Waals surface area contributed by atoms with E-state index in [9.17, 15) is 0 Å². The van der Waals surface area contributed by atoms with Crippen LogP contribution in [0.15, 0.2) is 60.4 Å². The zero-order chi connectivity index (χ0) is 11.5. The Bertz CT molecular complexity index is 290. The zero-order valence-corrected chi connectivity index (χ0v) is 9.86. The van der Waals surface area contributed by atoms with Crippen molar-refractivity contribution in [2.75, 3.05) is 6.61 Å². The van der Waals surface area contributed by atoms with Crippen molar-refractivity contribution in [2.24, 2.45) is 0 Å². The van der Waals surface area contributed by atoms with Crippen LogP contribution >= 0.6 is 0 Å². The minimum Gasteiger partial charge on any atom is -0.490 e. The van der Waals surface area contributed by atoms with Crippen LogP contribution in [0.2, 0.25) is 0 Å². The molecule has 0 saturated carbocycles. The van der Waals surface area contributed by atoms with Gasteiger partial charge in [0.1, 0.15) is 12.4 Å². The maximum atomic E-state index is 5.46. The lowest BCUT2D eigenvalue weighted by atomic mass is 10.2. The molecule has 0 atom stereocenters. The molecule has 1 heteroatoms. The van der Waals surface area contributed by atoms with E-state index in [0.29, 0.717) is 12.4 Å². The van der Waals surface area contributed by atoms with E-state index in [1.54, 1.807) is 0 Å². The van der Waals surface area contributed by atoms with Crippen LogP contribution < -0.4 is 0 Å². The summed E-state index contributed by atoms with van der Waals surface area (Å²) in [5, 5.41) is 0. The third-order valence-corrected chi connectivity index (χ3v) is 1.76. The fraction of sp³-hybridized carbons (Fsp3) is 0.286. The molecule has 0 radical (unpaired) electrons. The van der Waals surface area contributed by atoms with Crippen molar-refractivity contribution < 1.29 is 4.74 Å². The molecule has 0 aromatic heterocycles. The summed E-state index contributed by atoms with van der Waals surface area (Å²) in [6, 6.07) is 0. The minimum atomic E-state index is 0.569. The minimum absolute atomic E-state index is 0.569. The van der Waals surface area contributed by atoms with E-state index in [4.69, 9.17) is 4.74 Å². The van der Waals surface area contributed by atoms with E-state index < -0.39 is 0 Å². The number of ether oxygens (including phenoxy) is 1. The van der Waals surface area contributed by atoms with Crippen LogP contribution in [0.25, 0.3) is 0 Å². The smallest absolute Gasteiger partial charge is 0.113 e. The summed E-state index contributed by atoms with van der Waals surface area (Å²) in [5.74, 6) is 0.678. The maximum absolute atomic E-state index is 5.46. The van der Waals surface area contributed by atoms with E-state index >= 15 is 0 Å². The van der Waals surface area contributed by atoms with Gasteiger partial charge < -0.3 is 4.74 Å². The Hall–Kier alpha value is -1.50. The monoisotopic (exact) mass is 204 g/mol. The standard InChI is InChI=1S/C14H20O/c1-5-8-9-11-13(4)15-12-14(7-3)10-6-2/h5-11H,4,12H2,1-3H3/b8-5-,10-6-,11-9-,14-7+. The van der Waals surface area contributed by atoms with E-state index in [0.717, 1.165) is 5.57 Å². The van der Waals surface area contributed by atoms with Crippen LogP contribution in [0.5, 0.6) is 0 Å². The maximum Gasteiger partial charge on any atom is 0.113 e. The quantitative estimate of drug-likeness (QED) is 0.466. The van der Waals surface area contributed by atoms with Crippen molar-refractivity contribution in [2.45, 2.75) is 20.8 Å². The van der Waals surface area contributed by atoms with E-state index in [1.165, 1.54) is 0 Å². The van der Waals surface area contributed by atoms with Gasteiger partial charge in [-0.1, -0.05) is 43.0 Å². The molecule has 0 amide bonds. The molecule has 0 aromatic rings. The Labute approximate surface area is 93.1 Å². The lowest BCUT2D eigenvalue weighted by Gasteiger charge is -2.05. The molecule has 0 aliphatic carbocycles. The largest absolute Gasteiger partial charge is 0.490 e. The molecule has 0 spiro atoms. The van der Waals surface area contributed by atoms with Crippen LogP contribution in [0.1, 0.15) is 20.8 Å². The van der Waals surface area contributed by atoms with Crippen LogP contribution in [0.3, 0.4) is 0 Å². The Morgan fingerprint density at radius 2 is 1.80 bits per heavy atom. The molecule has 82 valence electrons. The fourth-order valence-corrected chi connectivity index (χ4v) is 0.940. The van der Waals surface area contributed by atoms with Gasteiger partial charge in [0.25, 0.3) is 0 Å². The normalized spacial score (nSPS) is 13.1. The van der Waals surface area contributed by atoms with Gasteiger partial charge in [0, 0.05) is 0 Å². The molecule has 0 bridgehead atoms. The molecular weight excluding hydrogens is 184 g/mol. The van der Waals surface area contributed by atoms with E-state index in [-0.39, 0.29) is 0 Å².